The third-order valence-corrected chi connectivity index (χ3v) is 3.35. The molecule has 0 unspecified atom stereocenters. The van der Waals surface area contributed by atoms with Crippen molar-refractivity contribution in [2.75, 3.05) is 6.61 Å². The SMILES string of the molecule is O=C(O)[C@@H]1CC[C@@H]2OCC[C@@H]2N1C(=O)C(F)(F)F. The number of carboxylic acid groups (broad SMARTS) is 1. The predicted molar refractivity (Wildman–Crippen MR) is 51.7 cm³/mol. The molecule has 0 aliphatic carbocycles. The van der Waals surface area contributed by atoms with Crippen molar-refractivity contribution in [2.24, 2.45) is 0 Å². The van der Waals surface area contributed by atoms with E-state index in [1.54, 1.807) is 0 Å². The second-order valence-corrected chi connectivity index (χ2v) is 4.41. The lowest BCUT2D eigenvalue weighted by Gasteiger charge is -2.41. The van der Waals surface area contributed by atoms with Crippen LogP contribution in [0.2, 0.25) is 0 Å². The van der Waals surface area contributed by atoms with Gasteiger partial charge < -0.3 is 14.7 Å². The molecule has 3 atom stereocenters. The summed E-state index contributed by atoms with van der Waals surface area (Å²) in [7, 11) is 0. The Bertz CT molecular complexity index is 371. The number of nitrogens with zero attached hydrogens (tertiary/aromatic N) is 1. The summed E-state index contributed by atoms with van der Waals surface area (Å²) < 4.78 is 42.7. The highest BCUT2D eigenvalue weighted by Gasteiger charge is 2.53. The summed E-state index contributed by atoms with van der Waals surface area (Å²) in [6.45, 7) is 0.253. The van der Waals surface area contributed by atoms with Gasteiger partial charge in [0.2, 0.25) is 0 Å². The summed E-state index contributed by atoms with van der Waals surface area (Å²) in [5.74, 6) is -3.49. The number of amides is 1. The van der Waals surface area contributed by atoms with Crippen molar-refractivity contribution in [3.05, 3.63) is 0 Å². The van der Waals surface area contributed by atoms with Crippen LogP contribution in [0, 0.1) is 0 Å². The summed E-state index contributed by atoms with van der Waals surface area (Å²) in [6, 6.07) is -2.20. The first-order chi connectivity index (χ1) is 8.32. The molecule has 0 radical (unpaired) electrons. The lowest BCUT2D eigenvalue weighted by molar-refractivity contribution is -0.196. The number of carboxylic acids is 1. The van der Waals surface area contributed by atoms with Crippen LogP contribution < -0.4 is 0 Å². The fourth-order valence-electron chi connectivity index (χ4n) is 2.60. The highest BCUT2D eigenvalue weighted by molar-refractivity contribution is 5.87. The number of carbonyl (C=O) groups excluding carboxylic acids is 1. The number of fused-ring (bicyclic) bond motifs is 1. The number of hydrogen-bond donors (Lipinski definition) is 1. The molecule has 2 aliphatic heterocycles. The number of aliphatic carboxylic acids is 1. The van der Waals surface area contributed by atoms with Gasteiger partial charge in [-0.3, -0.25) is 4.79 Å². The monoisotopic (exact) mass is 267 g/mol. The van der Waals surface area contributed by atoms with Gasteiger partial charge in [-0.2, -0.15) is 13.2 Å². The third kappa shape index (κ3) is 2.16. The van der Waals surface area contributed by atoms with Gasteiger partial charge in [0, 0.05) is 6.61 Å². The van der Waals surface area contributed by atoms with Crippen molar-refractivity contribution >= 4 is 11.9 Å². The fourth-order valence-corrected chi connectivity index (χ4v) is 2.60. The van der Waals surface area contributed by atoms with E-state index >= 15 is 0 Å². The zero-order valence-electron chi connectivity index (χ0n) is 9.31. The van der Waals surface area contributed by atoms with Crippen molar-refractivity contribution in [2.45, 2.75) is 43.6 Å². The Kier molecular flexibility index (Phi) is 3.22. The van der Waals surface area contributed by atoms with E-state index in [1.165, 1.54) is 0 Å². The summed E-state index contributed by atoms with van der Waals surface area (Å²) in [4.78, 5) is 22.8. The maximum absolute atomic E-state index is 12.5. The van der Waals surface area contributed by atoms with Crippen LogP contribution in [0.4, 0.5) is 13.2 Å². The van der Waals surface area contributed by atoms with Crippen molar-refractivity contribution in [3.63, 3.8) is 0 Å². The number of hydrogen-bond acceptors (Lipinski definition) is 3. The molecule has 1 N–H and O–H groups in total. The van der Waals surface area contributed by atoms with Crippen LogP contribution in [0.25, 0.3) is 0 Å². The number of rotatable bonds is 1. The Morgan fingerprint density at radius 3 is 2.44 bits per heavy atom. The number of alkyl halides is 3. The Balaban J connectivity index is 2.29. The molecular formula is C10H12F3NO4. The van der Waals surface area contributed by atoms with Gasteiger partial charge >= 0.3 is 18.1 Å². The zero-order chi connectivity index (χ0) is 13.5. The molecule has 1 amide bonds. The Hall–Kier alpha value is -1.31. The Morgan fingerprint density at radius 2 is 1.89 bits per heavy atom. The molecule has 2 rings (SSSR count). The number of carbonyl (C=O) groups is 2. The van der Waals surface area contributed by atoms with Crippen LogP contribution >= 0.6 is 0 Å². The molecule has 0 aromatic rings. The van der Waals surface area contributed by atoms with Crippen LogP contribution in [0.3, 0.4) is 0 Å². The molecule has 2 fully saturated rings. The van der Waals surface area contributed by atoms with E-state index < -0.39 is 36.2 Å². The summed E-state index contributed by atoms with van der Waals surface area (Å²) >= 11 is 0. The molecule has 0 saturated carbocycles. The summed E-state index contributed by atoms with van der Waals surface area (Å²) in [5, 5.41) is 8.94. The van der Waals surface area contributed by atoms with E-state index in [2.05, 4.69) is 0 Å². The predicted octanol–water partition coefficient (Wildman–Crippen LogP) is 0.782. The van der Waals surface area contributed by atoms with Crippen LogP contribution in [0.5, 0.6) is 0 Å². The minimum absolute atomic E-state index is 0.0156. The van der Waals surface area contributed by atoms with Gasteiger partial charge in [0.05, 0.1) is 12.1 Å². The maximum atomic E-state index is 12.5. The highest BCUT2D eigenvalue weighted by atomic mass is 19.4. The van der Waals surface area contributed by atoms with E-state index in [4.69, 9.17) is 9.84 Å². The minimum atomic E-state index is -5.06. The van der Waals surface area contributed by atoms with Gasteiger partial charge in [-0.15, -0.1) is 0 Å². The van der Waals surface area contributed by atoms with Gasteiger partial charge in [0.1, 0.15) is 6.04 Å². The normalized spacial score (nSPS) is 32.2. The van der Waals surface area contributed by atoms with E-state index in [9.17, 15) is 22.8 Å². The maximum Gasteiger partial charge on any atom is 0.471 e. The molecule has 2 aliphatic rings. The smallest absolute Gasteiger partial charge is 0.471 e. The zero-order valence-corrected chi connectivity index (χ0v) is 9.31. The van der Waals surface area contributed by atoms with Gasteiger partial charge in [-0.25, -0.2) is 4.79 Å². The molecule has 102 valence electrons. The fraction of sp³-hybridized carbons (Fsp3) is 0.800. The number of likely N-dealkylation sites (tertiary alicyclic amines) is 1. The molecule has 0 aromatic carbocycles. The Morgan fingerprint density at radius 1 is 1.22 bits per heavy atom. The van der Waals surface area contributed by atoms with Crippen LogP contribution in [-0.4, -0.2) is 52.9 Å². The van der Waals surface area contributed by atoms with E-state index in [0.717, 1.165) is 0 Å². The number of ether oxygens (including phenoxy) is 1. The Labute approximate surface area is 100 Å². The molecular weight excluding hydrogens is 255 g/mol. The molecule has 8 heteroatoms. The van der Waals surface area contributed by atoms with E-state index in [1.807, 2.05) is 0 Å². The van der Waals surface area contributed by atoms with Gasteiger partial charge in [0.15, 0.2) is 0 Å². The van der Waals surface area contributed by atoms with Crippen LogP contribution in [-0.2, 0) is 14.3 Å². The summed E-state index contributed by atoms with van der Waals surface area (Å²) in [5.41, 5.74) is 0. The molecule has 18 heavy (non-hydrogen) atoms. The van der Waals surface area contributed by atoms with Gasteiger partial charge in [0.25, 0.3) is 0 Å². The first kappa shape index (κ1) is 13.1. The molecule has 0 bridgehead atoms. The van der Waals surface area contributed by atoms with Gasteiger partial charge in [-0.05, 0) is 19.3 Å². The van der Waals surface area contributed by atoms with Crippen molar-refractivity contribution < 1.29 is 32.6 Å². The van der Waals surface area contributed by atoms with Crippen LogP contribution in [0.15, 0.2) is 0 Å². The quantitative estimate of drug-likeness (QED) is 0.762. The second-order valence-electron chi connectivity index (χ2n) is 4.41. The highest BCUT2D eigenvalue weighted by Crippen LogP contribution is 2.35. The second kappa shape index (κ2) is 4.42. The average molecular weight is 267 g/mol. The van der Waals surface area contributed by atoms with E-state index in [-0.39, 0.29) is 19.4 Å². The first-order valence-electron chi connectivity index (χ1n) is 5.56. The molecule has 2 heterocycles. The van der Waals surface area contributed by atoms with Crippen molar-refractivity contribution in [1.82, 2.24) is 4.90 Å². The molecule has 5 nitrogen and oxygen atoms in total. The summed E-state index contributed by atoms with van der Waals surface area (Å²) in [6.07, 6.45) is -4.94. The molecule has 0 aromatic heterocycles. The number of piperidine rings is 1. The molecule has 2 saturated heterocycles. The average Bonchev–Trinajstić information content (AvgIpc) is 2.72. The first-order valence-corrected chi connectivity index (χ1v) is 5.56. The minimum Gasteiger partial charge on any atom is -0.480 e. The standard InChI is InChI=1S/C10H12F3NO4/c11-10(12,13)9(17)14-5-3-4-18-7(5)2-1-6(14)8(15)16/h5-7H,1-4H2,(H,15,16)/t5-,6-,7-/m0/s1. The largest absolute Gasteiger partial charge is 0.480 e. The number of halogens is 3. The van der Waals surface area contributed by atoms with E-state index in [0.29, 0.717) is 11.3 Å². The van der Waals surface area contributed by atoms with Gasteiger partial charge in [-0.1, -0.05) is 0 Å². The molecule has 0 spiro atoms. The lowest BCUT2D eigenvalue weighted by atomic mass is 9.92. The van der Waals surface area contributed by atoms with Crippen molar-refractivity contribution in [1.29, 1.82) is 0 Å². The van der Waals surface area contributed by atoms with Crippen LogP contribution in [0.1, 0.15) is 19.3 Å². The topological polar surface area (TPSA) is 66.8 Å². The van der Waals surface area contributed by atoms with Crippen molar-refractivity contribution in [3.8, 4) is 0 Å². The lowest BCUT2D eigenvalue weighted by Crippen LogP contribution is -2.60. The third-order valence-electron chi connectivity index (χ3n) is 3.35.